The van der Waals surface area contributed by atoms with Crippen molar-refractivity contribution in [1.82, 2.24) is 10.3 Å². The number of amides is 1. The van der Waals surface area contributed by atoms with Crippen LogP contribution in [0, 0.1) is 5.41 Å². The number of benzene rings is 3. The number of nitrogens with two attached hydrogens (primary N) is 1. The SMILES string of the molecule is CCC(c1ccccc1-c1cc(C(=O)NC)c(OC)cc1C(=O)O)c1c[nH]c2cc(C(=N)N)ccc12. The maximum Gasteiger partial charge on any atom is 0.336 e. The van der Waals surface area contributed by atoms with E-state index < -0.39 is 5.97 Å². The van der Waals surface area contributed by atoms with Crippen LogP contribution in [0.4, 0.5) is 0 Å². The van der Waals surface area contributed by atoms with Crippen molar-refractivity contribution in [2.24, 2.45) is 5.73 Å². The lowest BCUT2D eigenvalue weighted by molar-refractivity contribution is 0.0696. The van der Waals surface area contributed by atoms with Gasteiger partial charge in [0.25, 0.3) is 5.91 Å². The topological polar surface area (TPSA) is 141 Å². The molecule has 1 amide bonds. The molecule has 0 radical (unpaired) electrons. The van der Waals surface area contributed by atoms with Crippen LogP contribution in [-0.2, 0) is 0 Å². The first kappa shape index (κ1) is 24.5. The number of fused-ring (bicyclic) bond motifs is 1. The van der Waals surface area contributed by atoms with Gasteiger partial charge in [0, 0.05) is 35.6 Å². The number of carbonyl (C=O) groups excluding carboxylic acids is 1. The van der Waals surface area contributed by atoms with Crippen LogP contribution in [0.5, 0.6) is 5.75 Å². The third kappa shape index (κ3) is 4.29. The van der Waals surface area contributed by atoms with Crippen molar-refractivity contribution in [1.29, 1.82) is 5.41 Å². The molecule has 0 spiro atoms. The fourth-order valence-corrected chi connectivity index (χ4v) is 4.72. The summed E-state index contributed by atoms with van der Waals surface area (Å²) in [6, 6.07) is 16.2. The summed E-state index contributed by atoms with van der Waals surface area (Å²) in [5.74, 6) is -1.35. The van der Waals surface area contributed by atoms with Crippen LogP contribution in [0.3, 0.4) is 0 Å². The molecule has 1 aromatic heterocycles. The molecule has 36 heavy (non-hydrogen) atoms. The van der Waals surface area contributed by atoms with Crippen molar-refractivity contribution in [3.8, 4) is 16.9 Å². The highest BCUT2D eigenvalue weighted by Gasteiger charge is 2.25. The summed E-state index contributed by atoms with van der Waals surface area (Å²) in [5.41, 5.74) is 10.6. The average molecular weight is 485 g/mol. The quantitative estimate of drug-likeness (QED) is 0.182. The van der Waals surface area contributed by atoms with Gasteiger partial charge in [-0.25, -0.2) is 4.79 Å². The summed E-state index contributed by atoms with van der Waals surface area (Å²) in [7, 11) is 2.92. The Hall–Kier alpha value is -4.59. The van der Waals surface area contributed by atoms with Crippen LogP contribution in [-0.4, -0.2) is 42.0 Å². The number of methoxy groups -OCH3 is 1. The lowest BCUT2D eigenvalue weighted by atomic mass is 9.82. The molecule has 0 aliphatic carbocycles. The molecule has 0 bridgehead atoms. The van der Waals surface area contributed by atoms with E-state index in [-0.39, 0.29) is 34.5 Å². The van der Waals surface area contributed by atoms with E-state index >= 15 is 0 Å². The Morgan fingerprint density at radius 1 is 1.08 bits per heavy atom. The third-order valence-corrected chi connectivity index (χ3v) is 6.48. The molecule has 8 heteroatoms. The molecule has 1 heterocycles. The number of amidine groups is 1. The van der Waals surface area contributed by atoms with E-state index in [0.717, 1.165) is 34.0 Å². The first-order valence-corrected chi connectivity index (χ1v) is 11.5. The molecule has 1 unspecified atom stereocenters. The second-order valence-electron chi connectivity index (χ2n) is 8.45. The van der Waals surface area contributed by atoms with Gasteiger partial charge in [0.05, 0.1) is 18.2 Å². The summed E-state index contributed by atoms with van der Waals surface area (Å²) >= 11 is 0. The van der Waals surface area contributed by atoms with Gasteiger partial charge in [-0.3, -0.25) is 10.2 Å². The van der Waals surface area contributed by atoms with Gasteiger partial charge in [-0.2, -0.15) is 0 Å². The van der Waals surface area contributed by atoms with E-state index in [2.05, 4.69) is 17.2 Å². The zero-order valence-corrected chi connectivity index (χ0v) is 20.3. The second kappa shape index (κ2) is 9.95. The van der Waals surface area contributed by atoms with Crippen LogP contribution in [0.1, 0.15) is 56.7 Å². The van der Waals surface area contributed by atoms with E-state index in [1.165, 1.54) is 20.2 Å². The van der Waals surface area contributed by atoms with E-state index in [1.54, 1.807) is 6.07 Å². The summed E-state index contributed by atoms with van der Waals surface area (Å²) < 4.78 is 5.33. The number of H-pyrrole nitrogens is 1. The van der Waals surface area contributed by atoms with E-state index in [1.807, 2.05) is 48.7 Å². The Kier molecular flexibility index (Phi) is 6.78. The van der Waals surface area contributed by atoms with Crippen molar-refractivity contribution in [3.63, 3.8) is 0 Å². The number of aromatic carboxylic acids is 1. The molecule has 0 aliphatic rings. The average Bonchev–Trinajstić information content (AvgIpc) is 3.31. The normalized spacial score (nSPS) is 11.8. The van der Waals surface area contributed by atoms with Gasteiger partial charge in [0.2, 0.25) is 0 Å². The summed E-state index contributed by atoms with van der Waals surface area (Å²) in [4.78, 5) is 28.1. The van der Waals surface area contributed by atoms with E-state index in [0.29, 0.717) is 11.1 Å². The monoisotopic (exact) mass is 484 g/mol. The maximum atomic E-state index is 12.6. The van der Waals surface area contributed by atoms with Gasteiger partial charge in [0.15, 0.2) is 0 Å². The van der Waals surface area contributed by atoms with Crippen molar-refractivity contribution in [2.45, 2.75) is 19.3 Å². The third-order valence-electron chi connectivity index (χ3n) is 6.48. The Labute approximate surface area is 208 Å². The lowest BCUT2D eigenvalue weighted by Gasteiger charge is -2.21. The number of carboxylic acids is 1. The van der Waals surface area contributed by atoms with Crippen molar-refractivity contribution >= 4 is 28.6 Å². The van der Waals surface area contributed by atoms with Gasteiger partial charge in [-0.1, -0.05) is 43.3 Å². The predicted molar refractivity (Wildman–Crippen MR) is 140 cm³/mol. The van der Waals surface area contributed by atoms with Crippen LogP contribution in [0.2, 0.25) is 0 Å². The summed E-state index contributed by atoms with van der Waals surface area (Å²) in [6.45, 7) is 2.08. The molecule has 6 N–H and O–H groups in total. The zero-order valence-electron chi connectivity index (χ0n) is 20.3. The molecule has 8 nitrogen and oxygen atoms in total. The number of carboxylic acid groups (broad SMARTS) is 1. The summed E-state index contributed by atoms with van der Waals surface area (Å²) in [5, 5.41) is 21.3. The second-order valence-corrected chi connectivity index (χ2v) is 8.45. The lowest BCUT2D eigenvalue weighted by Crippen LogP contribution is -2.19. The molecule has 3 aromatic carbocycles. The number of hydrogen-bond acceptors (Lipinski definition) is 4. The fourth-order valence-electron chi connectivity index (χ4n) is 4.72. The molecular weight excluding hydrogens is 456 g/mol. The fraction of sp³-hybridized carbons (Fsp3) is 0.179. The highest BCUT2D eigenvalue weighted by atomic mass is 16.5. The minimum atomic E-state index is -1.11. The first-order valence-electron chi connectivity index (χ1n) is 11.5. The van der Waals surface area contributed by atoms with Crippen molar-refractivity contribution in [2.75, 3.05) is 14.2 Å². The van der Waals surface area contributed by atoms with Crippen LogP contribution >= 0.6 is 0 Å². The van der Waals surface area contributed by atoms with E-state index in [4.69, 9.17) is 15.9 Å². The molecule has 0 saturated heterocycles. The highest BCUT2D eigenvalue weighted by molar-refractivity contribution is 6.04. The molecule has 0 aliphatic heterocycles. The molecule has 4 aromatic rings. The number of aromatic nitrogens is 1. The molecule has 0 fully saturated rings. The van der Waals surface area contributed by atoms with Gasteiger partial charge in [0.1, 0.15) is 11.6 Å². The van der Waals surface area contributed by atoms with Gasteiger partial charge in [-0.15, -0.1) is 0 Å². The Morgan fingerprint density at radius 2 is 1.83 bits per heavy atom. The minimum absolute atomic E-state index is 0.00179. The number of carbonyl (C=O) groups is 2. The maximum absolute atomic E-state index is 12.6. The summed E-state index contributed by atoms with van der Waals surface area (Å²) in [6.07, 6.45) is 2.70. The first-order chi connectivity index (χ1) is 17.3. The number of hydrogen-bond donors (Lipinski definition) is 5. The van der Waals surface area contributed by atoms with Gasteiger partial charge >= 0.3 is 5.97 Å². The van der Waals surface area contributed by atoms with Gasteiger partial charge in [-0.05, 0) is 46.9 Å². The standard InChI is InChI=1S/C28H28N4O4/c1-4-16(23-14-32-24-11-15(26(29)30)9-10-19(23)24)17-7-5-6-8-18(17)20-12-22(27(33)31-2)25(36-3)13-21(20)28(34)35/h5-14,16,32H,4H2,1-3H3,(H3,29,30)(H,31,33)(H,34,35). The number of aromatic amines is 1. The molecule has 1 atom stereocenters. The van der Waals surface area contributed by atoms with Gasteiger partial charge < -0.3 is 25.9 Å². The van der Waals surface area contributed by atoms with Crippen LogP contribution in [0.15, 0.2) is 60.8 Å². The van der Waals surface area contributed by atoms with Crippen molar-refractivity contribution < 1.29 is 19.4 Å². The Bertz CT molecular complexity index is 1490. The number of rotatable bonds is 8. The number of ether oxygens (including phenoxy) is 1. The minimum Gasteiger partial charge on any atom is -0.496 e. The largest absolute Gasteiger partial charge is 0.496 e. The van der Waals surface area contributed by atoms with Crippen LogP contribution in [0.25, 0.3) is 22.0 Å². The molecular formula is C28H28N4O4. The highest BCUT2D eigenvalue weighted by Crippen LogP contribution is 2.40. The molecule has 184 valence electrons. The molecule has 4 rings (SSSR count). The Morgan fingerprint density at radius 3 is 2.47 bits per heavy atom. The smallest absolute Gasteiger partial charge is 0.336 e. The predicted octanol–water partition coefficient (Wildman–Crippen LogP) is 4.73. The van der Waals surface area contributed by atoms with E-state index in [9.17, 15) is 14.7 Å². The number of nitrogen functional groups attached to an aromatic ring is 1. The van der Waals surface area contributed by atoms with Crippen molar-refractivity contribution in [3.05, 3.63) is 88.6 Å². The molecule has 0 saturated carbocycles. The zero-order chi connectivity index (χ0) is 26.0. The number of nitrogens with one attached hydrogen (secondary N) is 3. The van der Waals surface area contributed by atoms with Crippen LogP contribution < -0.4 is 15.8 Å². The Balaban J connectivity index is 1.94.